The van der Waals surface area contributed by atoms with E-state index in [1.165, 1.54) is 0 Å². The first-order chi connectivity index (χ1) is 17.9. The molecule has 5 rings (SSSR count). The minimum Gasteiger partial charge on any atom is -0.424 e. The van der Waals surface area contributed by atoms with Gasteiger partial charge in [0.2, 0.25) is 0 Å². The Morgan fingerprint density at radius 3 is 2.54 bits per heavy atom. The molecule has 0 radical (unpaired) electrons. The third-order valence-electron chi connectivity index (χ3n) is 7.29. The summed E-state index contributed by atoms with van der Waals surface area (Å²) >= 11 is 0. The summed E-state index contributed by atoms with van der Waals surface area (Å²) in [5, 5.41) is 16.5. The summed E-state index contributed by atoms with van der Waals surface area (Å²) < 4.78 is 44.8. The summed E-state index contributed by atoms with van der Waals surface area (Å²) in [5.74, 6) is 0.611. The fourth-order valence-corrected chi connectivity index (χ4v) is 5.39. The summed E-state index contributed by atoms with van der Waals surface area (Å²) in [6.45, 7) is 1.59. The van der Waals surface area contributed by atoms with Gasteiger partial charge in [-0.2, -0.15) is 18.4 Å². The van der Waals surface area contributed by atoms with Gasteiger partial charge in [0, 0.05) is 42.5 Å². The fraction of sp³-hybridized carbons (Fsp3) is 0.429. The number of benzene rings is 2. The van der Waals surface area contributed by atoms with E-state index in [1.807, 2.05) is 12.1 Å². The van der Waals surface area contributed by atoms with Crippen LogP contribution in [0.4, 0.5) is 24.9 Å². The molecule has 9 heteroatoms. The van der Waals surface area contributed by atoms with Crippen molar-refractivity contribution in [2.24, 2.45) is 0 Å². The molecular weight excluding hydrogens is 479 g/mol. The highest BCUT2D eigenvalue weighted by Gasteiger charge is 2.32. The van der Waals surface area contributed by atoms with Crippen LogP contribution in [0.3, 0.4) is 0 Å². The molecule has 2 fully saturated rings. The minimum absolute atomic E-state index is 0.159. The zero-order valence-corrected chi connectivity index (χ0v) is 20.5. The third kappa shape index (κ3) is 6.08. The first-order valence-electron chi connectivity index (χ1n) is 12.8. The number of oxazole rings is 1. The monoisotopic (exact) mass is 509 g/mol. The lowest BCUT2D eigenvalue weighted by atomic mass is 9.89. The van der Waals surface area contributed by atoms with Crippen molar-refractivity contribution in [2.75, 3.05) is 23.3 Å². The van der Waals surface area contributed by atoms with E-state index in [0.717, 1.165) is 75.0 Å². The van der Waals surface area contributed by atoms with Crippen molar-refractivity contribution in [3.63, 3.8) is 0 Å². The molecule has 2 aromatic carbocycles. The van der Waals surface area contributed by atoms with Crippen LogP contribution >= 0.6 is 0 Å². The Hall–Kier alpha value is -3.51. The van der Waals surface area contributed by atoms with Crippen LogP contribution in [0.2, 0.25) is 0 Å². The first-order valence-corrected chi connectivity index (χ1v) is 12.8. The van der Waals surface area contributed by atoms with Gasteiger partial charge < -0.3 is 20.0 Å². The van der Waals surface area contributed by atoms with Gasteiger partial charge in [0.25, 0.3) is 6.01 Å². The average molecular weight is 510 g/mol. The van der Waals surface area contributed by atoms with E-state index in [4.69, 9.17) is 9.68 Å². The van der Waals surface area contributed by atoms with Crippen molar-refractivity contribution < 1.29 is 17.6 Å². The van der Waals surface area contributed by atoms with Crippen molar-refractivity contribution in [1.82, 2.24) is 10.3 Å². The van der Waals surface area contributed by atoms with Crippen LogP contribution in [-0.4, -0.2) is 36.2 Å². The number of piperidine rings is 1. The van der Waals surface area contributed by atoms with Gasteiger partial charge in [-0.25, -0.2) is 4.98 Å². The summed E-state index contributed by atoms with van der Waals surface area (Å²) in [5.41, 5.74) is 1.58. The molecule has 1 aromatic heterocycles. The summed E-state index contributed by atoms with van der Waals surface area (Å²) in [7, 11) is 0. The van der Waals surface area contributed by atoms with Crippen LogP contribution < -0.4 is 15.5 Å². The average Bonchev–Trinajstić information content (AvgIpc) is 3.38. The molecule has 0 bridgehead atoms. The Balaban J connectivity index is 1.22. The zero-order valence-electron chi connectivity index (χ0n) is 20.5. The highest BCUT2D eigenvalue weighted by atomic mass is 19.4. The van der Waals surface area contributed by atoms with Gasteiger partial charge in [-0.15, -0.1) is 0 Å². The molecule has 0 spiro atoms. The molecule has 2 N–H and O–H groups in total. The number of nitrogens with one attached hydrogen (secondary N) is 2. The van der Waals surface area contributed by atoms with Crippen LogP contribution in [0.1, 0.15) is 49.7 Å². The number of hydrogen-bond donors (Lipinski definition) is 2. The minimum atomic E-state index is -4.32. The Morgan fingerprint density at radius 2 is 1.78 bits per heavy atom. The highest BCUT2D eigenvalue weighted by Crippen LogP contribution is 2.32. The first kappa shape index (κ1) is 25.2. The molecule has 0 unspecified atom stereocenters. The van der Waals surface area contributed by atoms with E-state index in [0.29, 0.717) is 17.3 Å². The number of rotatable bonds is 6. The van der Waals surface area contributed by atoms with Crippen molar-refractivity contribution in [2.45, 2.75) is 62.8 Å². The molecule has 3 atom stereocenters. The fourth-order valence-electron chi connectivity index (χ4n) is 5.39. The van der Waals surface area contributed by atoms with Crippen molar-refractivity contribution in [3.8, 4) is 17.4 Å². The Kier molecular flexibility index (Phi) is 7.38. The predicted molar refractivity (Wildman–Crippen MR) is 136 cm³/mol. The number of anilines is 2. The second-order valence-electron chi connectivity index (χ2n) is 9.86. The van der Waals surface area contributed by atoms with Crippen molar-refractivity contribution in [3.05, 3.63) is 65.9 Å². The number of aromatic nitrogens is 1. The normalized spacial score (nSPS) is 22.4. The molecule has 37 heavy (non-hydrogen) atoms. The number of alkyl halides is 3. The molecule has 0 amide bonds. The third-order valence-corrected chi connectivity index (χ3v) is 7.29. The molecule has 1 aliphatic carbocycles. The summed E-state index contributed by atoms with van der Waals surface area (Å²) in [6, 6.07) is 16.0. The summed E-state index contributed by atoms with van der Waals surface area (Å²) in [4.78, 5) is 6.59. The smallest absolute Gasteiger partial charge is 0.416 e. The maximum Gasteiger partial charge on any atom is 0.416 e. The molecule has 194 valence electrons. The summed E-state index contributed by atoms with van der Waals surface area (Å²) in [6.07, 6.45) is 3.65. The Labute approximate surface area is 214 Å². The molecule has 2 heterocycles. The Bertz CT molecular complexity index is 1230. The van der Waals surface area contributed by atoms with Gasteiger partial charge in [-0.3, -0.25) is 0 Å². The lowest BCUT2D eigenvalue weighted by Crippen LogP contribution is -2.54. The molecule has 1 saturated heterocycles. The van der Waals surface area contributed by atoms with Gasteiger partial charge in [0.15, 0.2) is 5.76 Å². The number of halogens is 3. The molecule has 2 aliphatic rings. The largest absolute Gasteiger partial charge is 0.424 e. The second kappa shape index (κ2) is 10.9. The predicted octanol–water partition coefficient (Wildman–Crippen LogP) is 6.21. The molecule has 1 saturated carbocycles. The van der Waals surface area contributed by atoms with Gasteiger partial charge in [0.1, 0.15) is 0 Å². The van der Waals surface area contributed by atoms with Crippen LogP contribution in [0.5, 0.6) is 0 Å². The highest BCUT2D eigenvalue weighted by molar-refractivity contribution is 5.60. The number of nitrogens with zero attached hydrogens (tertiary/aromatic N) is 3. The molecular formula is C28H30F3N5O. The Morgan fingerprint density at radius 1 is 1.00 bits per heavy atom. The van der Waals surface area contributed by atoms with E-state index >= 15 is 0 Å². The van der Waals surface area contributed by atoms with E-state index < -0.39 is 11.7 Å². The van der Waals surface area contributed by atoms with Crippen LogP contribution in [0.25, 0.3) is 11.3 Å². The van der Waals surface area contributed by atoms with Gasteiger partial charge in [-0.05, 0) is 62.1 Å². The van der Waals surface area contributed by atoms with E-state index in [1.54, 1.807) is 30.5 Å². The van der Waals surface area contributed by atoms with Crippen molar-refractivity contribution in [1.29, 1.82) is 5.26 Å². The second-order valence-corrected chi connectivity index (χ2v) is 9.86. The lowest BCUT2D eigenvalue weighted by molar-refractivity contribution is -0.137. The van der Waals surface area contributed by atoms with Crippen LogP contribution in [0.15, 0.2) is 59.1 Å². The van der Waals surface area contributed by atoms with E-state index in [-0.39, 0.29) is 18.1 Å². The van der Waals surface area contributed by atoms with Gasteiger partial charge >= 0.3 is 6.18 Å². The quantitative estimate of drug-likeness (QED) is 0.411. The van der Waals surface area contributed by atoms with E-state index in [2.05, 4.69) is 26.6 Å². The molecule has 6 nitrogen and oxygen atoms in total. The number of nitriles is 1. The standard InChI is InChI=1S/C28H30F3N5O/c29-28(30,31)21-10-12-23(13-11-21)36-14-4-7-22(18-36)34-24-8-1-2-9-25(24)35-27-33-17-26(37-27)20-6-3-5-19(15-20)16-32/h3,5-6,10-13,15,17,22,24-25,34H,1-2,4,7-9,14,18H2,(H,33,35)/t22-,24+,25+/m0/s1. The van der Waals surface area contributed by atoms with Gasteiger partial charge in [-0.1, -0.05) is 25.0 Å². The van der Waals surface area contributed by atoms with Crippen LogP contribution in [0, 0.1) is 11.3 Å². The van der Waals surface area contributed by atoms with Crippen LogP contribution in [-0.2, 0) is 6.18 Å². The molecule has 3 aromatic rings. The maximum absolute atomic E-state index is 12.9. The lowest BCUT2D eigenvalue weighted by Gasteiger charge is -2.40. The number of hydrogen-bond acceptors (Lipinski definition) is 6. The van der Waals surface area contributed by atoms with E-state index in [9.17, 15) is 13.2 Å². The van der Waals surface area contributed by atoms with Gasteiger partial charge in [0.05, 0.1) is 23.4 Å². The topological polar surface area (TPSA) is 77.1 Å². The SMILES string of the molecule is N#Cc1cccc(-c2cnc(N[C@@H]3CCCC[C@H]3N[C@H]3CCCN(c4ccc(C(F)(F)F)cc4)C3)o2)c1. The van der Waals surface area contributed by atoms with Crippen molar-refractivity contribution >= 4 is 11.7 Å². The maximum atomic E-state index is 12.9. The zero-order chi connectivity index (χ0) is 25.8. The molecule has 1 aliphatic heterocycles.